The van der Waals surface area contributed by atoms with Crippen LogP contribution in [0.3, 0.4) is 0 Å². The molecule has 0 saturated heterocycles. The van der Waals surface area contributed by atoms with Crippen LogP contribution in [0.15, 0.2) is 42.7 Å². The van der Waals surface area contributed by atoms with Gasteiger partial charge in [-0.3, -0.25) is 4.98 Å². The summed E-state index contributed by atoms with van der Waals surface area (Å²) in [6.45, 7) is 4.08. The molecule has 0 radical (unpaired) electrons. The van der Waals surface area contributed by atoms with Crippen molar-refractivity contribution in [2.75, 3.05) is 0 Å². The van der Waals surface area contributed by atoms with Crippen molar-refractivity contribution in [1.82, 2.24) is 9.97 Å². The zero-order chi connectivity index (χ0) is 17.4. The third-order valence-corrected chi connectivity index (χ3v) is 5.68. The third-order valence-electron chi connectivity index (χ3n) is 5.68. The minimum Gasteiger partial charge on any atom is -0.385 e. The first-order valence-corrected chi connectivity index (χ1v) is 9.28. The smallest absolute Gasteiger partial charge is 0.0876 e. The topological polar surface area (TPSA) is 48.9 Å². The highest BCUT2D eigenvalue weighted by Gasteiger charge is 2.31. The van der Waals surface area contributed by atoms with Crippen molar-refractivity contribution in [3.63, 3.8) is 0 Å². The van der Waals surface area contributed by atoms with Gasteiger partial charge in [0.2, 0.25) is 0 Å². The number of hydrogen-bond donors (Lipinski definition) is 2. The van der Waals surface area contributed by atoms with Gasteiger partial charge >= 0.3 is 0 Å². The van der Waals surface area contributed by atoms with Crippen LogP contribution < -0.4 is 0 Å². The Morgan fingerprint density at radius 3 is 2.80 bits per heavy atom. The minimum absolute atomic E-state index is 0.355. The van der Waals surface area contributed by atoms with E-state index in [9.17, 15) is 5.11 Å². The molecular weight excluding hydrogens is 308 g/mol. The fourth-order valence-corrected chi connectivity index (χ4v) is 4.35. The molecule has 2 atom stereocenters. The van der Waals surface area contributed by atoms with Crippen molar-refractivity contribution in [2.24, 2.45) is 0 Å². The Morgan fingerprint density at radius 2 is 2.00 bits per heavy atom. The highest BCUT2D eigenvalue weighted by atomic mass is 16.3. The first-order chi connectivity index (χ1) is 12.0. The molecule has 0 amide bonds. The van der Waals surface area contributed by atoms with Gasteiger partial charge in [-0.2, -0.15) is 0 Å². The summed E-state index contributed by atoms with van der Waals surface area (Å²) in [5.41, 5.74) is 5.44. The molecule has 0 fully saturated rings. The van der Waals surface area contributed by atoms with Crippen molar-refractivity contribution in [2.45, 2.75) is 57.5 Å². The fourth-order valence-electron chi connectivity index (χ4n) is 4.35. The number of rotatable bonds is 3. The van der Waals surface area contributed by atoms with Gasteiger partial charge < -0.3 is 10.1 Å². The van der Waals surface area contributed by atoms with Gasteiger partial charge in [-0.1, -0.05) is 18.1 Å². The van der Waals surface area contributed by atoms with Gasteiger partial charge in [0.15, 0.2) is 0 Å². The maximum Gasteiger partial charge on any atom is 0.0876 e. The van der Waals surface area contributed by atoms with Crippen LogP contribution in [0, 0.1) is 6.92 Å². The predicted octanol–water partition coefficient (Wildman–Crippen LogP) is 4.98. The van der Waals surface area contributed by atoms with Crippen LogP contribution in [0.4, 0.5) is 0 Å². The molecule has 3 nitrogen and oxygen atoms in total. The summed E-state index contributed by atoms with van der Waals surface area (Å²) < 4.78 is 0. The Labute approximate surface area is 149 Å². The standard InChI is InChI=1S/C22H26N2O/c1-15-7-8-20-19(13-15)18-6-4-3-5-16(21(18)24-20)14-22(2,25)17-9-11-23-12-10-17/h7-13,16,24-25H,3-6,14H2,1-2H3. The molecule has 1 aliphatic rings. The molecule has 1 aromatic carbocycles. The lowest BCUT2D eigenvalue weighted by atomic mass is 9.83. The molecule has 2 heterocycles. The van der Waals surface area contributed by atoms with Gasteiger partial charge in [-0.25, -0.2) is 0 Å². The molecule has 0 saturated carbocycles. The molecule has 1 aliphatic carbocycles. The SMILES string of the molecule is Cc1ccc2[nH]c3c(c2c1)CCCCC3CC(C)(O)c1ccncc1. The van der Waals surface area contributed by atoms with E-state index >= 15 is 0 Å². The Hall–Kier alpha value is -2.13. The highest BCUT2D eigenvalue weighted by Crippen LogP contribution is 2.41. The molecule has 130 valence electrons. The average Bonchev–Trinajstić information content (AvgIpc) is 2.84. The number of nitrogens with zero attached hydrogens (tertiary/aromatic N) is 1. The lowest BCUT2D eigenvalue weighted by molar-refractivity contribution is 0.0384. The van der Waals surface area contributed by atoms with Crippen LogP contribution in [0.5, 0.6) is 0 Å². The Morgan fingerprint density at radius 1 is 1.20 bits per heavy atom. The van der Waals surface area contributed by atoms with Gasteiger partial charge in [-0.15, -0.1) is 0 Å². The number of pyridine rings is 1. The van der Waals surface area contributed by atoms with Crippen molar-refractivity contribution < 1.29 is 5.11 Å². The van der Waals surface area contributed by atoms with Gasteiger partial charge in [-0.05, 0) is 74.9 Å². The normalized spacial score (nSPS) is 20.0. The van der Waals surface area contributed by atoms with Crippen LogP contribution in [-0.2, 0) is 12.0 Å². The number of hydrogen-bond acceptors (Lipinski definition) is 2. The largest absolute Gasteiger partial charge is 0.385 e. The summed E-state index contributed by atoms with van der Waals surface area (Å²) >= 11 is 0. The van der Waals surface area contributed by atoms with Crippen LogP contribution >= 0.6 is 0 Å². The van der Waals surface area contributed by atoms with E-state index in [0.29, 0.717) is 5.92 Å². The number of benzene rings is 1. The van der Waals surface area contributed by atoms with Crippen LogP contribution in [0.2, 0.25) is 0 Å². The second-order valence-corrected chi connectivity index (χ2v) is 7.72. The first kappa shape index (κ1) is 16.3. The second-order valence-electron chi connectivity index (χ2n) is 7.72. The Balaban J connectivity index is 1.73. The predicted molar refractivity (Wildman–Crippen MR) is 102 cm³/mol. The van der Waals surface area contributed by atoms with Crippen LogP contribution in [0.1, 0.15) is 60.9 Å². The van der Waals surface area contributed by atoms with Gasteiger partial charge in [0, 0.05) is 34.9 Å². The summed E-state index contributed by atoms with van der Waals surface area (Å²) in [6.07, 6.45) is 8.94. The summed E-state index contributed by atoms with van der Waals surface area (Å²) in [5.74, 6) is 0.355. The number of aryl methyl sites for hydroxylation is 2. The summed E-state index contributed by atoms with van der Waals surface area (Å²) in [6, 6.07) is 10.5. The molecule has 4 rings (SSSR count). The Bertz CT molecular complexity index is 880. The lowest BCUT2D eigenvalue weighted by Crippen LogP contribution is -2.24. The number of H-pyrrole nitrogens is 1. The molecule has 3 heteroatoms. The number of fused-ring (bicyclic) bond motifs is 3. The molecule has 3 aromatic rings. The highest BCUT2D eigenvalue weighted by molar-refractivity contribution is 5.85. The summed E-state index contributed by atoms with van der Waals surface area (Å²) in [4.78, 5) is 7.76. The molecule has 0 aliphatic heterocycles. The molecule has 2 unspecified atom stereocenters. The fraction of sp³-hybridized carbons (Fsp3) is 0.409. The lowest BCUT2D eigenvalue weighted by Gasteiger charge is -2.28. The molecule has 0 bridgehead atoms. The molecular formula is C22H26N2O. The van der Waals surface area contributed by atoms with Gasteiger partial charge in [0.05, 0.1) is 5.60 Å². The van der Waals surface area contributed by atoms with Crippen molar-refractivity contribution in [3.8, 4) is 0 Å². The maximum atomic E-state index is 11.1. The van der Waals surface area contributed by atoms with E-state index in [1.54, 1.807) is 12.4 Å². The van der Waals surface area contributed by atoms with Crippen LogP contribution in [-0.4, -0.2) is 15.1 Å². The zero-order valence-corrected chi connectivity index (χ0v) is 15.0. The number of aliphatic hydroxyl groups is 1. The molecule has 25 heavy (non-hydrogen) atoms. The van der Waals surface area contributed by atoms with E-state index < -0.39 is 5.60 Å². The average molecular weight is 334 g/mol. The quantitative estimate of drug-likeness (QED) is 0.664. The maximum absolute atomic E-state index is 11.1. The van der Waals surface area contributed by atoms with E-state index in [2.05, 4.69) is 35.1 Å². The third kappa shape index (κ3) is 3.09. The van der Waals surface area contributed by atoms with Crippen molar-refractivity contribution in [1.29, 1.82) is 0 Å². The summed E-state index contributed by atoms with van der Waals surface area (Å²) in [5, 5.41) is 12.5. The van der Waals surface area contributed by atoms with Gasteiger partial charge in [0.1, 0.15) is 0 Å². The molecule has 2 aromatic heterocycles. The van der Waals surface area contributed by atoms with Crippen molar-refractivity contribution >= 4 is 10.9 Å². The van der Waals surface area contributed by atoms with E-state index in [-0.39, 0.29) is 0 Å². The second kappa shape index (κ2) is 6.30. The molecule has 2 N–H and O–H groups in total. The van der Waals surface area contributed by atoms with Crippen LogP contribution in [0.25, 0.3) is 10.9 Å². The first-order valence-electron chi connectivity index (χ1n) is 9.28. The van der Waals surface area contributed by atoms with E-state index in [1.165, 1.54) is 40.6 Å². The Kier molecular flexibility index (Phi) is 4.12. The van der Waals surface area contributed by atoms with Gasteiger partial charge in [0.25, 0.3) is 0 Å². The monoisotopic (exact) mass is 334 g/mol. The molecule has 0 spiro atoms. The van der Waals surface area contributed by atoms with Crippen molar-refractivity contribution in [3.05, 3.63) is 65.1 Å². The zero-order valence-electron chi connectivity index (χ0n) is 15.0. The number of nitrogens with one attached hydrogen (secondary N) is 1. The minimum atomic E-state index is -0.845. The number of aromatic amines is 1. The van der Waals surface area contributed by atoms with E-state index in [1.807, 2.05) is 19.1 Å². The van der Waals surface area contributed by atoms with E-state index in [0.717, 1.165) is 24.8 Å². The number of aromatic nitrogens is 2. The summed E-state index contributed by atoms with van der Waals surface area (Å²) in [7, 11) is 0. The van der Waals surface area contributed by atoms with E-state index in [4.69, 9.17) is 0 Å².